The fourth-order valence-electron chi connectivity index (χ4n) is 2.13. The second-order valence-electron chi connectivity index (χ2n) is 5.10. The van der Waals surface area contributed by atoms with Crippen molar-refractivity contribution in [2.45, 2.75) is 13.0 Å². The molecule has 0 spiro atoms. The number of rotatable bonds is 5. The van der Waals surface area contributed by atoms with E-state index in [2.05, 4.69) is 26.2 Å². The highest BCUT2D eigenvalue weighted by atomic mass is 79.9. The molecule has 0 unspecified atom stereocenters. The highest BCUT2D eigenvalue weighted by Crippen LogP contribution is 2.22. The van der Waals surface area contributed by atoms with E-state index < -0.39 is 6.09 Å². The molecule has 0 saturated heterocycles. The smallest absolute Gasteiger partial charge is 0.413 e. The molecule has 2 aromatic carbocycles. The number of nitrogens with zero attached hydrogens (tertiary/aromatic N) is 1. The van der Waals surface area contributed by atoms with Gasteiger partial charge in [-0.25, -0.2) is 9.78 Å². The van der Waals surface area contributed by atoms with Crippen LogP contribution in [0, 0.1) is 0 Å². The predicted molar refractivity (Wildman–Crippen MR) is 99.3 cm³/mol. The molecule has 1 heterocycles. The van der Waals surface area contributed by atoms with Gasteiger partial charge in [-0.1, -0.05) is 64.5 Å². The molecule has 0 atom stereocenters. The van der Waals surface area contributed by atoms with Crippen LogP contribution in [-0.4, -0.2) is 11.1 Å². The molecule has 1 N–H and O–H groups in total. The molecule has 0 radical (unpaired) electrons. The molecule has 3 rings (SSSR count). The quantitative estimate of drug-likeness (QED) is 0.634. The van der Waals surface area contributed by atoms with Crippen LogP contribution in [0.15, 0.2) is 64.5 Å². The number of nitrogens with one attached hydrogen (secondary N) is 1. The lowest BCUT2D eigenvalue weighted by Gasteiger charge is -2.04. The molecule has 6 heteroatoms. The third kappa shape index (κ3) is 4.66. The second kappa shape index (κ2) is 8.08. The average molecular weight is 403 g/mol. The highest BCUT2D eigenvalue weighted by Gasteiger charge is 2.09. The molecular weight excluding hydrogens is 388 g/mol. The van der Waals surface area contributed by atoms with E-state index in [-0.39, 0.29) is 6.61 Å². The van der Waals surface area contributed by atoms with E-state index in [1.54, 1.807) is 0 Å². The van der Waals surface area contributed by atoms with Gasteiger partial charge in [-0.15, -0.1) is 11.3 Å². The summed E-state index contributed by atoms with van der Waals surface area (Å²) >= 11 is 4.92. The van der Waals surface area contributed by atoms with Crippen molar-refractivity contribution in [2.24, 2.45) is 0 Å². The number of thiazole rings is 1. The van der Waals surface area contributed by atoms with Crippen LogP contribution in [-0.2, 0) is 17.8 Å². The van der Waals surface area contributed by atoms with Crippen molar-refractivity contribution in [3.05, 3.63) is 81.3 Å². The molecule has 0 fully saturated rings. The van der Waals surface area contributed by atoms with Gasteiger partial charge >= 0.3 is 6.09 Å². The Morgan fingerprint density at radius 2 is 1.88 bits per heavy atom. The van der Waals surface area contributed by atoms with Crippen LogP contribution in [0.5, 0.6) is 0 Å². The third-order valence-corrected chi connectivity index (χ3v) is 4.88. The third-order valence-electron chi connectivity index (χ3n) is 3.30. The lowest BCUT2D eigenvalue weighted by Crippen LogP contribution is -2.13. The number of anilines is 1. The standard InChI is InChI=1S/C18H15BrN2O2S/c19-16-9-5-4-8-14(16)10-15-12-24-17(20-15)21-18(22)23-11-13-6-2-1-3-7-13/h1-9,12H,10-11H2,(H,20,21,22). The van der Waals surface area contributed by atoms with E-state index in [1.165, 1.54) is 11.3 Å². The number of carbonyl (C=O) groups is 1. The molecule has 122 valence electrons. The monoisotopic (exact) mass is 402 g/mol. The summed E-state index contributed by atoms with van der Waals surface area (Å²) in [6.45, 7) is 0.238. The lowest BCUT2D eigenvalue weighted by molar-refractivity contribution is 0.155. The average Bonchev–Trinajstić information content (AvgIpc) is 3.03. The van der Waals surface area contributed by atoms with E-state index in [0.717, 1.165) is 21.3 Å². The minimum Gasteiger partial charge on any atom is -0.444 e. The largest absolute Gasteiger partial charge is 0.444 e. The topological polar surface area (TPSA) is 51.2 Å². The summed E-state index contributed by atoms with van der Waals surface area (Å²) < 4.78 is 6.24. The van der Waals surface area contributed by atoms with E-state index in [9.17, 15) is 4.79 Å². The van der Waals surface area contributed by atoms with E-state index in [1.807, 2.05) is 60.0 Å². The minimum atomic E-state index is -0.499. The first-order chi connectivity index (χ1) is 11.7. The van der Waals surface area contributed by atoms with Crippen LogP contribution in [0.3, 0.4) is 0 Å². The van der Waals surface area contributed by atoms with E-state index >= 15 is 0 Å². The van der Waals surface area contributed by atoms with Gasteiger partial charge in [-0.3, -0.25) is 5.32 Å². The van der Waals surface area contributed by atoms with Crippen molar-refractivity contribution in [1.29, 1.82) is 0 Å². The van der Waals surface area contributed by atoms with Crippen molar-refractivity contribution in [3.63, 3.8) is 0 Å². The Hall–Kier alpha value is -2.18. The molecule has 0 aliphatic carbocycles. The Bertz CT molecular complexity index is 821. The normalized spacial score (nSPS) is 10.4. The molecule has 0 saturated carbocycles. The molecule has 24 heavy (non-hydrogen) atoms. The van der Waals surface area contributed by atoms with Gasteiger partial charge in [0.2, 0.25) is 0 Å². The Morgan fingerprint density at radius 3 is 2.67 bits per heavy atom. The fourth-order valence-corrected chi connectivity index (χ4v) is 3.25. The summed E-state index contributed by atoms with van der Waals surface area (Å²) in [7, 11) is 0. The molecule has 0 aliphatic heterocycles. The molecule has 4 nitrogen and oxygen atoms in total. The maximum Gasteiger partial charge on any atom is 0.413 e. The SMILES string of the molecule is O=C(Nc1nc(Cc2ccccc2Br)cs1)OCc1ccccc1. The maximum absolute atomic E-state index is 11.8. The number of hydrogen-bond acceptors (Lipinski definition) is 4. The zero-order chi connectivity index (χ0) is 16.8. The molecule has 1 amide bonds. The lowest BCUT2D eigenvalue weighted by atomic mass is 10.1. The number of carbonyl (C=O) groups excluding carboxylic acids is 1. The van der Waals surface area contributed by atoms with Crippen LogP contribution in [0.25, 0.3) is 0 Å². The van der Waals surface area contributed by atoms with Crippen LogP contribution >= 0.6 is 27.3 Å². The van der Waals surface area contributed by atoms with Crippen LogP contribution < -0.4 is 5.32 Å². The molecule has 3 aromatic rings. The first-order valence-electron chi connectivity index (χ1n) is 7.36. The van der Waals surface area contributed by atoms with Crippen molar-refractivity contribution in [2.75, 3.05) is 5.32 Å². The van der Waals surface area contributed by atoms with Crippen molar-refractivity contribution < 1.29 is 9.53 Å². The fraction of sp³-hybridized carbons (Fsp3) is 0.111. The molecule has 0 aliphatic rings. The van der Waals surface area contributed by atoms with Gasteiger partial charge in [0.05, 0.1) is 5.69 Å². The first kappa shape index (κ1) is 16.7. The zero-order valence-corrected chi connectivity index (χ0v) is 15.1. The Morgan fingerprint density at radius 1 is 1.12 bits per heavy atom. The van der Waals surface area contributed by atoms with Gasteiger partial charge in [0.1, 0.15) is 6.61 Å². The number of hydrogen-bond donors (Lipinski definition) is 1. The molecule has 0 bridgehead atoms. The molecular formula is C18H15BrN2O2S. The second-order valence-corrected chi connectivity index (χ2v) is 6.81. The Labute approximate surface area is 152 Å². The highest BCUT2D eigenvalue weighted by molar-refractivity contribution is 9.10. The van der Waals surface area contributed by atoms with Gasteiger partial charge in [-0.05, 0) is 17.2 Å². The number of amides is 1. The van der Waals surface area contributed by atoms with Gasteiger partial charge in [0.15, 0.2) is 5.13 Å². The Balaban J connectivity index is 1.54. The number of benzene rings is 2. The molecule has 1 aromatic heterocycles. The van der Waals surface area contributed by atoms with Crippen LogP contribution in [0.2, 0.25) is 0 Å². The summed E-state index contributed by atoms with van der Waals surface area (Å²) in [4.78, 5) is 16.3. The predicted octanol–water partition coefficient (Wildman–Crippen LogP) is 5.25. The van der Waals surface area contributed by atoms with Crippen molar-refractivity contribution in [3.8, 4) is 0 Å². The number of aromatic nitrogens is 1. The van der Waals surface area contributed by atoms with Gasteiger partial charge in [0, 0.05) is 16.3 Å². The van der Waals surface area contributed by atoms with Crippen LogP contribution in [0.4, 0.5) is 9.93 Å². The summed E-state index contributed by atoms with van der Waals surface area (Å²) in [6, 6.07) is 17.6. The van der Waals surface area contributed by atoms with Gasteiger partial charge in [0.25, 0.3) is 0 Å². The maximum atomic E-state index is 11.8. The van der Waals surface area contributed by atoms with Gasteiger partial charge < -0.3 is 4.74 Å². The minimum absolute atomic E-state index is 0.238. The number of halogens is 1. The zero-order valence-electron chi connectivity index (χ0n) is 12.7. The van der Waals surface area contributed by atoms with E-state index in [0.29, 0.717) is 11.6 Å². The van der Waals surface area contributed by atoms with Crippen molar-refractivity contribution >= 4 is 38.5 Å². The Kier molecular flexibility index (Phi) is 5.61. The van der Waals surface area contributed by atoms with E-state index in [4.69, 9.17) is 4.74 Å². The van der Waals surface area contributed by atoms with Gasteiger partial charge in [-0.2, -0.15) is 0 Å². The summed E-state index contributed by atoms with van der Waals surface area (Å²) in [5.74, 6) is 0. The van der Waals surface area contributed by atoms with Crippen molar-refractivity contribution in [1.82, 2.24) is 4.98 Å². The van der Waals surface area contributed by atoms with Crippen LogP contribution in [0.1, 0.15) is 16.8 Å². The summed E-state index contributed by atoms with van der Waals surface area (Å²) in [6.07, 6.45) is 0.208. The summed E-state index contributed by atoms with van der Waals surface area (Å²) in [5, 5.41) is 5.14. The summed E-state index contributed by atoms with van der Waals surface area (Å²) in [5.41, 5.74) is 3.01. The first-order valence-corrected chi connectivity index (χ1v) is 9.03. The number of ether oxygens (including phenoxy) is 1.